The van der Waals surface area contributed by atoms with E-state index in [1.54, 1.807) is 0 Å². The van der Waals surface area contributed by atoms with E-state index in [1.165, 1.54) is 11.1 Å². The summed E-state index contributed by atoms with van der Waals surface area (Å²) in [7, 11) is 3.94. The molecule has 0 aliphatic rings. The molecule has 0 radical (unpaired) electrons. The lowest BCUT2D eigenvalue weighted by Gasteiger charge is -2.14. The number of benzene rings is 1. The molecule has 2 aromatic rings. The van der Waals surface area contributed by atoms with Gasteiger partial charge in [-0.2, -0.15) is 0 Å². The van der Waals surface area contributed by atoms with E-state index in [2.05, 4.69) is 31.0 Å². The second kappa shape index (κ2) is 4.80. The minimum atomic E-state index is 0. The molecule has 0 saturated heterocycles. The number of rotatable bonds is 1. The zero-order chi connectivity index (χ0) is 11.9. The third-order valence-corrected chi connectivity index (χ3v) is 2.72. The van der Waals surface area contributed by atoms with Crippen LogP contribution in [0.5, 0.6) is 0 Å². The summed E-state index contributed by atoms with van der Waals surface area (Å²) in [6.07, 6.45) is 0. The van der Waals surface area contributed by atoms with Gasteiger partial charge in [-0.05, 0) is 25.5 Å². The van der Waals surface area contributed by atoms with Crippen molar-refractivity contribution >= 4 is 34.8 Å². The van der Waals surface area contributed by atoms with Crippen LogP contribution in [0.4, 0.5) is 11.5 Å². The highest BCUT2D eigenvalue weighted by Crippen LogP contribution is 2.27. The Balaban J connectivity index is 0.00000144. The van der Waals surface area contributed by atoms with Crippen LogP contribution in [-0.4, -0.2) is 19.1 Å². The third-order valence-electron chi connectivity index (χ3n) is 2.72. The fraction of sp³-hybridized carbons (Fsp3) is 0.308. The maximum atomic E-state index is 6.07. The van der Waals surface area contributed by atoms with E-state index in [0.29, 0.717) is 0 Å². The number of aromatic nitrogens is 1. The molecule has 0 spiro atoms. The maximum absolute atomic E-state index is 6.07. The maximum Gasteiger partial charge on any atom is 0.130 e. The quantitative estimate of drug-likeness (QED) is 0.848. The predicted molar refractivity (Wildman–Crippen MR) is 77.2 cm³/mol. The number of nitrogens with zero attached hydrogens (tertiary/aromatic N) is 2. The first-order valence-corrected chi connectivity index (χ1v) is 5.34. The van der Waals surface area contributed by atoms with Crippen molar-refractivity contribution in [2.75, 3.05) is 24.7 Å². The van der Waals surface area contributed by atoms with E-state index in [9.17, 15) is 0 Å². The summed E-state index contributed by atoms with van der Waals surface area (Å²) >= 11 is 0. The van der Waals surface area contributed by atoms with Gasteiger partial charge in [0.1, 0.15) is 5.82 Å². The van der Waals surface area contributed by atoms with Crippen LogP contribution in [0.1, 0.15) is 11.1 Å². The highest BCUT2D eigenvalue weighted by Gasteiger charge is 2.07. The molecule has 2 rings (SSSR count). The zero-order valence-corrected chi connectivity index (χ0v) is 11.4. The van der Waals surface area contributed by atoms with Crippen LogP contribution in [0.3, 0.4) is 0 Å². The average molecular weight is 252 g/mol. The van der Waals surface area contributed by atoms with Gasteiger partial charge >= 0.3 is 0 Å². The van der Waals surface area contributed by atoms with Gasteiger partial charge in [-0.3, -0.25) is 0 Å². The SMILES string of the molecule is Cc1cc(C)c2nc(N(C)C)cc(N)c2c1.Cl. The standard InChI is InChI=1S/C13H17N3.ClH/c1-8-5-9(2)13-10(6-8)11(14)7-12(15-13)16(3)4;/h5-7H,1-4H3,(H2,14,15);1H. The molecule has 92 valence electrons. The van der Waals surface area contributed by atoms with Gasteiger partial charge in [0.2, 0.25) is 0 Å². The van der Waals surface area contributed by atoms with Gasteiger partial charge in [-0.25, -0.2) is 4.98 Å². The van der Waals surface area contributed by atoms with Crippen molar-refractivity contribution in [1.82, 2.24) is 4.98 Å². The van der Waals surface area contributed by atoms with Crippen molar-refractivity contribution in [2.24, 2.45) is 0 Å². The molecule has 0 saturated carbocycles. The molecule has 3 nitrogen and oxygen atoms in total. The van der Waals surface area contributed by atoms with Crippen molar-refractivity contribution in [3.63, 3.8) is 0 Å². The van der Waals surface area contributed by atoms with Crippen molar-refractivity contribution in [1.29, 1.82) is 0 Å². The van der Waals surface area contributed by atoms with E-state index in [4.69, 9.17) is 5.73 Å². The molecule has 4 heteroatoms. The largest absolute Gasteiger partial charge is 0.398 e. The molecule has 1 aromatic carbocycles. The van der Waals surface area contributed by atoms with E-state index < -0.39 is 0 Å². The molecule has 0 amide bonds. The average Bonchev–Trinajstić information content (AvgIpc) is 2.19. The van der Waals surface area contributed by atoms with E-state index in [-0.39, 0.29) is 12.4 Å². The highest BCUT2D eigenvalue weighted by atomic mass is 35.5. The molecular weight excluding hydrogens is 234 g/mol. The molecule has 2 N–H and O–H groups in total. The molecule has 0 unspecified atom stereocenters. The van der Waals surface area contributed by atoms with Crippen molar-refractivity contribution in [2.45, 2.75) is 13.8 Å². The Labute approximate surface area is 108 Å². The number of nitrogen functional groups attached to an aromatic ring is 1. The van der Waals surface area contributed by atoms with Crippen LogP contribution in [-0.2, 0) is 0 Å². The molecule has 0 bridgehead atoms. The second-order valence-electron chi connectivity index (χ2n) is 4.44. The molecule has 0 aliphatic carbocycles. The number of halogens is 1. The van der Waals surface area contributed by atoms with Gasteiger partial charge in [0.05, 0.1) is 5.52 Å². The van der Waals surface area contributed by atoms with E-state index in [0.717, 1.165) is 22.4 Å². The van der Waals surface area contributed by atoms with Crippen molar-refractivity contribution in [3.8, 4) is 0 Å². The van der Waals surface area contributed by atoms with Gasteiger partial charge < -0.3 is 10.6 Å². The molecule has 1 aromatic heterocycles. The Hall–Kier alpha value is -1.48. The second-order valence-corrected chi connectivity index (χ2v) is 4.44. The summed E-state index contributed by atoms with van der Waals surface area (Å²) in [6.45, 7) is 4.15. The lowest BCUT2D eigenvalue weighted by Crippen LogP contribution is -2.11. The Morgan fingerprint density at radius 2 is 1.76 bits per heavy atom. The number of hydrogen-bond acceptors (Lipinski definition) is 3. The Bertz CT molecular complexity index is 550. The van der Waals surface area contributed by atoms with E-state index in [1.807, 2.05) is 25.1 Å². The number of nitrogens with two attached hydrogens (primary N) is 1. The molecule has 0 fully saturated rings. The normalized spacial score (nSPS) is 10.1. The molecule has 0 aliphatic heterocycles. The number of hydrogen-bond donors (Lipinski definition) is 1. The summed E-state index contributed by atoms with van der Waals surface area (Å²) in [5.74, 6) is 0.900. The van der Waals surface area contributed by atoms with Crippen LogP contribution in [0.15, 0.2) is 18.2 Å². The number of fused-ring (bicyclic) bond motifs is 1. The lowest BCUT2D eigenvalue weighted by molar-refractivity contribution is 1.08. The Kier molecular flexibility index (Phi) is 3.83. The number of anilines is 2. The first-order chi connectivity index (χ1) is 7.49. The van der Waals surface area contributed by atoms with Crippen LogP contribution in [0, 0.1) is 13.8 Å². The van der Waals surface area contributed by atoms with Gasteiger partial charge in [0.15, 0.2) is 0 Å². The van der Waals surface area contributed by atoms with Crippen LogP contribution in [0.2, 0.25) is 0 Å². The summed E-state index contributed by atoms with van der Waals surface area (Å²) < 4.78 is 0. The summed E-state index contributed by atoms with van der Waals surface area (Å²) in [5.41, 5.74) is 10.2. The van der Waals surface area contributed by atoms with Gasteiger partial charge in [-0.15, -0.1) is 12.4 Å². The monoisotopic (exact) mass is 251 g/mol. The minimum Gasteiger partial charge on any atom is -0.398 e. The molecule has 17 heavy (non-hydrogen) atoms. The minimum absolute atomic E-state index is 0. The number of aryl methyl sites for hydroxylation is 2. The van der Waals surface area contributed by atoms with Gasteiger partial charge in [-0.1, -0.05) is 11.6 Å². The van der Waals surface area contributed by atoms with Crippen molar-refractivity contribution in [3.05, 3.63) is 29.3 Å². The van der Waals surface area contributed by atoms with Crippen LogP contribution >= 0.6 is 12.4 Å². The fourth-order valence-corrected chi connectivity index (χ4v) is 1.92. The summed E-state index contributed by atoms with van der Waals surface area (Å²) in [4.78, 5) is 6.59. The topological polar surface area (TPSA) is 42.2 Å². The fourth-order valence-electron chi connectivity index (χ4n) is 1.92. The third kappa shape index (κ3) is 2.44. The molecule has 1 heterocycles. The zero-order valence-electron chi connectivity index (χ0n) is 10.6. The molecule has 0 atom stereocenters. The summed E-state index contributed by atoms with van der Waals surface area (Å²) in [6, 6.07) is 6.14. The summed E-state index contributed by atoms with van der Waals surface area (Å²) in [5, 5.41) is 1.04. The lowest BCUT2D eigenvalue weighted by atomic mass is 10.1. The predicted octanol–water partition coefficient (Wildman–Crippen LogP) is 2.92. The van der Waals surface area contributed by atoms with Crippen molar-refractivity contribution < 1.29 is 0 Å². The number of pyridine rings is 1. The Morgan fingerprint density at radius 1 is 1.12 bits per heavy atom. The van der Waals surface area contributed by atoms with Crippen LogP contribution < -0.4 is 10.6 Å². The van der Waals surface area contributed by atoms with Gasteiger partial charge in [0, 0.05) is 31.2 Å². The first kappa shape index (κ1) is 13.6. The smallest absolute Gasteiger partial charge is 0.130 e. The highest BCUT2D eigenvalue weighted by molar-refractivity contribution is 5.94. The molecular formula is C13H18ClN3. The van der Waals surface area contributed by atoms with E-state index >= 15 is 0 Å². The van der Waals surface area contributed by atoms with Gasteiger partial charge in [0.25, 0.3) is 0 Å². The Morgan fingerprint density at radius 3 is 2.35 bits per heavy atom. The van der Waals surface area contributed by atoms with Crippen LogP contribution in [0.25, 0.3) is 10.9 Å². The first-order valence-electron chi connectivity index (χ1n) is 5.34.